The topological polar surface area (TPSA) is 82.5 Å². The second-order valence-corrected chi connectivity index (χ2v) is 8.48. The van der Waals surface area contributed by atoms with Crippen molar-refractivity contribution in [1.82, 2.24) is 15.3 Å². The average Bonchev–Trinajstić information content (AvgIpc) is 2.80. The van der Waals surface area contributed by atoms with E-state index < -0.39 is 11.6 Å². The van der Waals surface area contributed by atoms with Crippen LogP contribution in [0.4, 0.5) is 16.2 Å². The van der Waals surface area contributed by atoms with Gasteiger partial charge in [0, 0.05) is 38.1 Å². The van der Waals surface area contributed by atoms with Crippen LogP contribution in [0.5, 0.6) is 11.5 Å². The van der Waals surface area contributed by atoms with Gasteiger partial charge in [-0.2, -0.15) is 4.98 Å². The van der Waals surface area contributed by atoms with Crippen LogP contribution in [0, 0.1) is 5.82 Å². The Morgan fingerprint density at radius 3 is 2.53 bits per heavy atom. The maximum absolute atomic E-state index is 13.8. The third-order valence-electron chi connectivity index (χ3n) is 5.97. The number of nitrogens with one attached hydrogen (secondary N) is 2. The number of benzene rings is 2. The number of halogens is 1. The van der Waals surface area contributed by atoms with Crippen LogP contribution in [0.2, 0.25) is 0 Å². The number of fused-ring (bicyclic) bond motifs is 1. The van der Waals surface area contributed by atoms with Gasteiger partial charge in [0.25, 0.3) is 0 Å². The minimum atomic E-state index is -0.665. The van der Waals surface area contributed by atoms with E-state index in [0.717, 1.165) is 48.0 Å². The third kappa shape index (κ3) is 4.85. The van der Waals surface area contributed by atoms with E-state index in [-0.39, 0.29) is 5.75 Å². The molecule has 0 amide bonds. The van der Waals surface area contributed by atoms with E-state index in [1.54, 1.807) is 6.07 Å². The van der Waals surface area contributed by atoms with Crippen molar-refractivity contribution in [1.29, 1.82) is 0 Å². The van der Waals surface area contributed by atoms with Gasteiger partial charge in [-0.1, -0.05) is 12.1 Å². The number of phenols is 1. The summed E-state index contributed by atoms with van der Waals surface area (Å²) in [5.74, 6) is 0.611. The fourth-order valence-corrected chi connectivity index (χ4v) is 4.24. The molecule has 1 fully saturated rings. The normalized spacial score (nSPS) is 18.5. The van der Waals surface area contributed by atoms with E-state index in [2.05, 4.69) is 10.6 Å². The molecule has 3 N–H and O–H groups in total. The van der Waals surface area contributed by atoms with Crippen LogP contribution < -0.4 is 20.3 Å². The molecule has 0 bridgehead atoms. The maximum atomic E-state index is 13.8. The molecule has 4 rings (SSSR count). The second-order valence-electron chi connectivity index (χ2n) is 8.48. The largest absolute Gasteiger partial charge is 0.502 e. The summed E-state index contributed by atoms with van der Waals surface area (Å²) in [5.41, 5.74) is 1.68. The number of rotatable bonds is 7. The summed E-state index contributed by atoms with van der Waals surface area (Å²) in [7, 11) is 5.40. The van der Waals surface area contributed by atoms with Gasteiger partial charge >= 0.3 is 0 Å². The highest BCUT2D eigenvalue weighted by Gasteiger charge is 2.22. The number of para-hydroxylation sites is 1. The number of hydrogen-bond donors (Lipinski definition) is 3. The molecular formula is C24H30FN5O2. The molecule has 1 saturated carbocycles. The molecule has 1 aliphatic rings. The van der Waals surface area contributed by atoms with Gasteiger partial charge in [-0.3, -0.25) is 0 Å². The number of aromatic hydroxyl groups is 1. The molecule has 2 aromatic carbocycles. The lowest BCUT2D eigenvalue weighted by atomic mass is 9.91. The van der Waals surface area contributed by atoms with Crippen LogP contribution in [0.15, 0.2) is 36.4 Å². The lowest BCUT2D eigenvalue weighted by Gasteiger charge is -2.30. The van der Waals surface area contributed by atoms with Crippen LogP contribution in [-0.2, 0) is 6.54 Å². The molecule has 0 radical (unpaired) electrons. The Morgan fingerprint density at radius 1 is 1.09 bits per heavy atom. The molecule has 1 aromatic heterocycles. The highest BCUT2D eigenvalue weighted by Crippen LogP contribution is 2.30. The van der Waals surface area contributed by atoms with E-state index in [4.69, 9.17) is 14.7 Å². The third-order valence-corrected chi connectivity index (χ3v) is 5.97. The fraction of sp³-hybridized carbons (Fsp3) is 0.417. The van der Waals surface area contributed by atoms with Crippen molar-refractivity contribution in [3.8, 4) is 11.5 Å². The zero-order valence-corrected chi connectivity index (χ0v) is 18.7. The van der Waals surface area contributed by atoms with Crippen molar-refractivity contribution >= 4 is 22.7 Å². The lowest BCUT2D eigenvalue weighted by Crippen LogP contribution is -2.37. The molecule has 1 aliphatic carbocycles. The smallest absolute Gasteiger partial charge is 0.225 e. The van der Waals surface area contributed by atoms with E-state index in [1.807, 2.05) is 43.3 Å². The van der Waals surface area contributed by atoms with E-state index in [1.165, 1.54) is 13.2 Å². The van der Waals surface area contributed by atoms with Gasteiger partial charge in [-0.15, -0.1) is 0 Å². The molecule has 170 valence electrons. The Balaban J connectivity index is 1.34. The molecule has 0 aliphatic heterocycles. The maximum Gasteiger partial charge on any atom is 0.225 e. The lowest BCUT2D eigenvalue weighted by molar-refractivity contribution is 0.347. The highest BCUT2D eigenvalue weighted by molar-refractivity contribution is 5.90. The van der Waals surface area contributed by atoms with Crippen molar-refractivity contribution in [2.75, 3.05) is 31.4 Å². The Morgan fingerprint density at radius 2 is 1.81 bits per heavy atom. The molecule has 32 heavy (non-hydrogen) atoms. The average molecular weight is 440 g/mol. The molecule has 0 saturated heterocycles. The number of aromatic nitrogens is 2. The van der Waals surface area contributed by atoms with Gasteiger partial charge in [-0.25, -0.2) is 9.37 Å². The van der Waals surface area contributed by atoms with E-state index in [9.17, 15) is 9.50 Å². The zero-order chi connectivity index (χ0) is 22.7. The van der Waals surface area contributed by atoms with Crippen molar-refractivity contribution < 1.29 is 14.2 Å². The van der Waals surface area contributed by atoms with Crippen molar-refractivity contribution in [2.24, 2.45) is 0 Å². The fourth-order valence-electron chi connectivity index (χ4n) is 4.24. The van der Waals surface area contributed by atoms with Crippen molar-refractivity contribution in [3.63, 3.8) is 0 Å². The molecule has 0 spiro atoms. The first-order chi connectivity index (χ1) is 15.4. The van der Waals surface area contributed by atoms with Crippen molar-refractivity contribution in [2.45, 2.75) is 44.3 Å². The van der Waals surface area contributed by atoms with Crippen LogP contribution >= 0.6 is 0 Å². The molecule has 1 heterocycles. The number of hydrogen-bond acceptors (Lipinski definition) is 7. The van der Waals surface area contributed by atoms with Gasteiger partial charge in [0.15, 0.2) is 17.3 Å². The monoisotopic (exact) mass is 439 g/mol. The Hall–Kier alpha value is -3.13. The number of anilines is 2. The minimum Gasteiger partial charge on any atom is -0.502 e. The predicted molar refractivity (Wildman–Crippen MR) is 125 cm³/mol. The summed E-state index contributed by atoms with van der Waals surface area (Å²) in [5, 5.41) is 17.7. The molecule has 0 atom stereocenters. The minimum absolute atomic E-state index is 0.155. The Labute approximate surface area is 187 Å². The quantitative estimate of drug-likeness (QED) is 0.512. The molecule has 3 aromatic rings. The van der Waals surface area contributed by atoms with Crippen LogP contribution in [0.1, 0.15) is 31.2 Å². The van der Waals surface area contributed by atoms with Crippen LogP contribution in [-0.4, -0.2) is 48.4 Å². The van der Waals surface area contributed by atoms with Gasteiger partial charge in [0.1, 0.15) is 5.82 Å². The van der Waals surface area contributed by atoms with Gasteiger partial charge in [0.2, 0.25) is 5.95 Å². The summed E-state index contributed by atoms with van der Waals surface area (Å²) in [6.07, 6.45) is 4.00. The Bertz CT molecular complexity index is 1080. The second kappa shape index (κ2) is 9.56. The van der Waals surface area contributed by atoms with Crippen molar-refractivity contribution in [3.05, 3.63) is 47.8 Å². The molecule has 7 nitrogen and oxygen atoms in total. The van der Waals surface area contributed by atoms with Crippen LogP contribution in [0.3, 0.4) is 0 Å². The first kappa shape index (κ1) is 22.1. The number of nitrogens with zero attached hydrogens (tertiary/aromatic N) is 3. The number of methoxy groups -OCH3 is 1. The summed E-state index contributed by atoms with van der Waals surface area (Å²) in [4.78, 5) is 11.5. The summed E-state index contributed by atoms with van der Waals surface area (Å²) in [6, 6.07) is 11.7. The first-order valence-corrected chi connectivity index (χ1v) is 10.9. The summed E-state index contributed by atoms with van der Waals surface area (Å²) < 4.78 is 18.9. The number of phenolic OH excluding ortho intramolecular Hbond substituents is 1. The van der Waals surface area contributed by atoms with Gasteiger partial charge in [0.05, 0.1) is 12.6 Å². The van der Waals surface area contributed by atoms with E-state index in [0.29, 0.717) is 24.6 Å². The SMILES string of the molecule is COc1cc(CN[C@H]2CC[C@@H](Nc3nc(N(C)C)c4ccccc4n3)CC2)cc(F)c1O. The molecule has 0 unspecified atom stereocenters. The standard InChI is InChI=1S/C24H30FN5O2/c1-30(2)23-18-6-4-5-7-20(18)28-24(29-23)27-17-10-8-16(9-11-17)26-14-15-12-19(25)22(31)21(13-15)32-3/h4-7,12-13,16-17,26,31H,8-11,14H2,1-3H3,(H,27,28,29)/t16-,17+. The molecular weight excluding hydrogens is 409 g/mol. The van der Waals surface area contributed by atoms with E-state index >= 15 is 0 Å². The predicted octanol–water partition coefficient (Wildman–Crippen LogP) is 4.06. The summed E-state index contributed by atoms with van der Waals surface area (Å²) in [6.45, 7) is 0.524. The summed E-state index contributed by atoms with van der Waals surface area (Å²) >= 11 is 0. The van der Waals surface area contributed by atoms with Gasteiger partial charge < -0.3 is 25.4 Å². The zero-order valence-electron chi connectivity index (χ0n) is 18.7. The first-order valence-electron chi connectivity index (χ1n) is 10.9. The van der Waals surface area contributed by atoms with Gasteiger partial charge in [-0.05, 0) is 55.5 Å². The Kier molecular flexibility index (Phi) is 6.60. The number of ether oxygens (including phenoxy) is 1. The molecule has 8 heteroatoms. The van der Waals surface area contributed by atoms with Crippen LogP contribution in [0.25, 0.3) is 10.9 Å². The highest BCUT2D eigenvalue weighted by atomic mass is 19.1.